The molecular weight excluding hydrogens is 549 g/mol. The molecule has 2 aromatic heterocycles. The van der Waals surface area contributed by atoms with Crippen LogP contribution in [0.2, 0.25) is 5.28 Å². The fourth-order valence-electron chi connectivity index (χ4n) is 6.06. The van der Waals surface area contributed by atoms with Gasteiger partial charge in [0.1, 0.15) is 36.5 Å². The van der Waals surface area contributed by atoms with Crippen LogP contribution in [0.4, 0.5) is 5.82 Å². The van der Waals surface area contributed by atoms with Gasteiger partial charge in [-0.1, -0.05) is 31.4 Å². The van der Waals surface area contributed by atoms with Crippen molar-refractivity contribution >= 4 is 36.0 Å². The Labute approximate surface area is 229 Å². The van der Waals surface area contributed by atoms with E-state index < -0.39 is 38.3 Å². The van der Waals surface area contributed by atoms with Gasteiger partial charge in [-0.05, 0) is 42.1 Å². The van der Waals surface area contributed by atoms with E-state index in [-0.39, 0.29) is 11.9 Å². The Hall–Kier alpha value is -2.31. The number of fused-ring (bicyclic) bond motifs is 1. The smallest absolute Gasteiger partial charge is 0.329 e. The van der Waals surface area contributed by atoms with Crippen molar-refractivity contribution in [2.75, 3.05) is 24.6 Å². The molecule has 2 saturated heterocycles. The van der Waals surface area contributed by atoms with E-state index >= 15 is 0 Å². The van der Waals surface area contributed by atoms with Crippen LogP contribution in [0.1, 0.15) is 43.9 Å². The first-order valence-electron chi connectivity index (χ1n) is 13.0. The first-order valence-corrected chi connectivity index (χ1v) is 15.2. The van der Waals surface area contributed by atoms with Gasteiger partial charge in [0.05, 0.1) is 17.7 Å². The first-order chi connectivity index (χ1) is 18.6. The fourth-order valence-corrected chi connectivity index (χ4v) is 6.89. The SMILES string of the molecule is O=P(O)(O)Cc1cccc(OC[C@H]2O[C@@H](n3ncc4c(N5CC6(CCCCC6)C5)nc(Cl)nc43)[C@H](O)[C@@H]2O)c1. The predicted octanol–water partition coefficient (Wildman–Crippen LogP) is 2.63. The Bertz CT molecular complexity index is 1400. The molecular formula is C25H31ClN5O7P. The lowest BCUT2D eigenvalue weighted by atomic mass is 9.68. The van der Waals surface area contributed by atoms with Crippen LogP contribution in [-0.4, -0.2) is 77.8 Å². The molecule has 12 nitrogen and oxygen atoms in total. The molecule has 14 heteroatoms. The van der Waals surface area contributed by atoms with E-state index in [0.29, 0.717) is 33.6 Å². The van der Waals surface area contributed by atoms with Crippen LogP contribution >= 0.6 is 19.2 Å². The zero-order chi connectivity index (χ0) is 27.4. The van der Waals surface area contributed by atoms with Crippen LogP contribution in [0.15, 0.2) is 30.5 Å². The van der Waals surface area contributed by atoms with Gasteiger partial charge in [-0.2, -0.15) is 15.1 Å². The molecule has 3 fully saturated rings. The van der Waals surface area contributed by atoms with Gasteiger partial charge in [-0.25, -0.2) is 4.68 Å². The van der Waals surface area contributed by atoms with Crippen LogP contribution in [0.3, 0.4) is 0 Å². The van der Waals surface area contributed by atoms with E-state index in [4.69, 9.17) is 21.1 Å². The van der Waals surface area contributed by atoms with Crippen molar-refractivity contribution in [3.8, 4) is 5.75 Å². The molecule has 1 aromatic carbocycles. The standard InChI is InChI=1S/C25H31ClN5O7P/c26-24-28-21(30-13-25(14-30)7-2-1-3-8-25)17-10-27-31(22(17)29-24)23-20(33)19(32)18(38-23)11-37-16-6-4-5-15(9-16)12-39(34,35)36/h4-6,9-10,18-20,23,32-33H,1-3,7-8,11-14H2,(H2,34,35,36)/t18-,19-,20-,23-/m1/s1. The Morgan fingerprint density at radius 1 is 1.13 bits per heavy atom. The highest BCUT2D eigenvalue weighted by atomic mass is 35.5. The summed E-state index contributed by atoms with van der Waals surface area (Å²) in [5.74, 6) is 1.06. The molecule has 3 aliphatic rings. The highest BCUT2D eigenvalue weighted by Gasteiger charge is 2.47. The average Bonchev–Trinajstić information content (AvgIpc) is 3.41. The van der Waals surface area contributed by atoms with Gasteiger partial charge in [0.2, 0.25) is 5.28 Å². The lowest BCUT2D eigenvalue weighted by Crippen LogP contribution is -2.57. The third-order valence-electron chi connectivity index (χ3n) is 7.95. The van der Waals surface area contributed by atoms with Gasteiger partial charge < -0.3 is 34.4 Å². The molecule has 2 aliphatic heterocycles. The van der Waals surface area contributed by atoms with Crippen LogP contribution in [0.25, 0.3) is 11.0 Å². The van der Waals surface area contributed by atoms with E-state index in [9.17, 15) is 24.6 Å². The second kappa shape index (κ2) is 10.3. The van der Waals surface area contributed by atoms with Crippen LogP contribution in [-0.2, 0) is 15.5 Å². The summed E-state index contributed by atoms with van der Waals surface area (Å²) >= 11 is 6.31. The number of ether oxygens (including phenoxy) is 2. The molecule has 0 unspecified atom stereocenters. The summed E-state index contributed by atoms with van der Waals surface area (Å²) in [5.41, 5.74) is 1.16. The van der Waals surface area contributed by atoms with E-state index in [1.807, 2.05) is 0 Å². The van der Waals surface area contributed by atoms with Gasteiger partial charge in [-0.3, -0.25) is 4.57 Å². The number of aliphatic hydroxyl groups excluding tert-OH is 2. The Kier molecular flexibility index (Phi) is 7.08. The number of nitrogens with zero attached hydrogens (tertiary/aromatic N) is 5. The van der Waals surface area contributed by atoms with Crippen molar-refractivity contribution in [2.45, 2.75) is 62.8 Å². The second-order valence-corrected chi connectivity index (χ2v) is 12.9. The first kappa shape index (κ1) is 26.9. The Morgan fingerprint density at radius 3 is 2.64 bits per heavy atom. The van der Waals surface area contributed by atoms with E-state index in [0.717, 1.165) is 13.1 Å². The summed E-state index contributed by atoms with van der Waals surface area (Å²) in [5, 5.41) is 26.7. The molecule has 1 saturated carbocycles. The summed E-state index contributed by atoms with van der Waals surface area (Å²) < 4.78 is 24.4. The third kappa shape index (κ3) is 5.39. The Morgan fingerprint density at radius 2 is 1.90 bits per heavy atom. The van der Waals surface area contributed by atoms with Crippen molar-refractivity contribution in [3.63, 3.8) is 0 Å². The van der Waals surface area contributed by atoms with Crippen molar-refractivity contribution in [1.82, 2.24) is 19.7 Å². The molecule has 39 heavy (non-hydrogen) atoms. The second-order valence-electron chi connectivity index (χ2n) is 10.9. The summed E-state index contributed by atoms with van der Waals surface area (Å²) in [6.07, 6.45) is 2.97. The van der Waals surface area contributed by atoms with Crippen LogP contribution in [0, 0.1) is 5.41 Å². The third-order valence-corrected chi connectivity index (χ3v) is 8.90. The van der Waals surface area contributed by atoms with Gasteiger partial charge in [0.25, 0.3) is 0 Å². The lowest BCUT2D eigenvalue weighted by Gasteiger charge is -2.53. The maximum absolute atomic E-state index is 11.3. The number of aliphatic hydroxyl groups is 2. The minimum absolute atomic E-state index is 0.0620. The topological polar surface area (TPSA) is 163 Å². The summed E-state index contributed by atoms with van der Waals surface area (Å²) in [7, 11) is -4.23. The molecule has 3 aromatic rings. The minimum Gasteiger partial charge on any atom is -0.491 e. The number of hydrogen-bond acceptors (Lipinski definition) is 9. The maximum Gasteiger partial charge on any atom is 0.329 e. The maximum atomic E-state index is 11.3. The van der Waals surface area contributed by atoms with E-state index in [1.165, 1.54) is 42.9 Å². The van der Waals surface area contributed by atoms with Gasteiger partial charge >= 0.3 is 7.60 Å². The molecule has 1 aliphatic carbocycles. The monoisotopic (exact) mass is 579 g/mol. The molecule has 6 rings (SSSR count). The van der Waals surface area contributed by atoms with Crippen molar-refractivity contribution in [3.05, 3.63) is 41.3 Å². The molecule has 0 bridgehead atoms. The van der Waals surface area contributed by atoms with Gasteiger partial charge in [0.15, 0.2) is 11.9 Å². The fraction of sp³-hybridized carbons (Fsp3) is 0.560. The number of anilines is 1. The summed E-state index contributed by atoms with van der Waals surface area (Å²) in [6, 6.07) is 6.36. The zero-order valence-electron chi connectivity index (χ0n) is 21.1. The average molecular weight is 580 g/mol. The largest absolute Gasteiger partial charge is 0.491 e. The van der Waals surface area contributed by atoms with Crippen molar-refractivity contribution in [2.24, 2.45) is 5.41 Å². The van der Waals surface area contributed by atoms with E-state index in [1.54, 1.807) is 24.4 Å². The number of benzene rings is 1. The Balaban J connectivity index is 1.17. The summed E-state index contributed by atoms with van der Waals surface area (Å²) in [4.78, 5) is 29.5. The molecule has 4 N–H and O–H groups in total. The molecule has 4 atom stereocenters. The van der Waals surface area contributed by atoms with Crippen molar-refractivity contribution in [1.29, 1.82) is 0 Å². The molecule has 0 amide bonds. The van der Waals surface area contributed by atoms with Gasteiger partial charge in [-0.15, -0.1) is 0 Å². The zero-order valence-corrected chi connectivity index (χ0v) is 22.8. The highest BCUT2D eigenvalue weighted by molar-refractivity contribution is 7.50. The van der Waals surface area contributed by atoms with E-state index in [2.05, 4.69) is 20.0 Å². The van der Waals surface area contributed by atoms with Crippen molar-refractivity contribution < 1.29 is 34.0 Å². The molecule has 1 spiro atoms. The number of halogens is 1. The molecule has 210 valence electrons. The highest BCUT2D eigenvalue weighted by Crippen LogP contribution is 2.46. The van der Waals surface area contributed by atoms with Gasteiger partial charge in [0, 0.05) is 18.5 Å². The van der Waals surface area contributed by atoms with Crippen LogP contribution < -0.4 is 9.64 Å². The minimum atomic E-state index is -4.23. The number of hydrogen-bond donors (Lipinski definition) is 4. The quantitative estimate of drug-likeness (QED) is 0.240. The molecule has 4 heterocycles. The molecule has 0 radical (unpaired) electrons. The normalized spacial score (nSPS) is 26.7. The number of aromatic nitrogens is 4. The number of rotatable bonds is 7. The summed E-state index contributed by atoms with van der Waals surface area (Å²) in [6.45, 7) is 1.72. The predicted molar refractivity (Wildman–Crippen MR) is 142 cm³/mol. The van der Waals surface area contributed by atoms with Crippen LogP contribution in [0.5, 0.6) is 5.75 Å². The lowest BCUT2D eigenvalue weighted by molar-refractivity contribution is -0.0533.